The zero-order chi connectivity index (χ0) is 15.6. The first-order valence-corrected chi connectivity index (χ1v) is 7.01. The first-order valence-electron chi connectivity index (χ1n) is 6.60. The number of thiocarbonyl (C=S) groups is 1. The molecule has 0 saturated carbocycles. The van der Waals surface area contributed by atoms with Crippen molar-refractivity contribution < 1.29 is 9.90 Å². The highest BCUT2D eigenvalue weighted by atomic mass is 32.1. The molecule has 2 aromatic rings. The van der Waals surface area contributed by atoms with Crippen molar-refractivity contribution in [2.24, 2.45) is 5.73 Å². The van der Waals surface area contributed by atoms with E-state index in [4.69, 9.17) is 23.1 Å². The largest absolute Gasteiger partial charge is 0.480 e. The summed E-state index contributed by atoms with van der Waals surface area (Å²) < 4.78 is 0. The highest BCUT2D eigenvalue weighted by Gasteiger charge is 2.16. The second-order valence-corrected chi connectivity index (χ2v) is 5.49. The van der Waals surface area contributed by atoms with E-state index in [-0.39, 0.29) is 0 Å². The summed E-state index contributed by atoms with van der Waals surface area (Å²) in [7, 11) is 0. The Bertz CT molecular complexity index is 692. The van der Waals surface area contributed by atoms with Crippen LogP contribution < -0.4 is 5.73 Å². The van der Waals surface area contributed by atoms with Crippen LogP contribution in [0, 0.1) is 13.8 Å². The van der Waals surface area contributed by atoms with Crippen LogP contribution >= 0.6 is 12.2 Å². The number of nitrogens with two attached hydrogens (primary N) is 1. The molecule has 0 fully saturated rings. The van der Waals surface area contributed by atoms with Crippen molar-refractivity contribution in [2.75, 3.05) is 0 Å². The van der Waals surface area contributed by atoms with Crippen molar-refractivity contribution in [1.29, 1.82) is 0 Å². The molecule has 1 unspecified atom stereocenters. The van der Waals surface area contributed by atoms with Crippen molar-refractivity contribution >= 4 is 23.1 Å². The van der Waals surface area contributed by atoms with E-state index in [1.807, 2.05) is 44.2 Å². The fourth-order valence-electron chi connectivity index (χ4n) is 2.08. The smallest absolute Gasteiger partial charge is 0.325 e. The molecule has 0 aromatic heterocycles. The number of carboxylic acid groups (broad SMARTS) is 1. The van der Waals surface area contributed by atoms with Gasteiger partial charge in [0.15, 0.2) is 0 Å². The summed E-state index contributed by atoms with van der Waals surface area (Å²) in [6, 6.07) is 12.3. The van der Waals surface area contributed by atoms with Crippen molar-refractivity contribution in [1.82, 2.24) is 0 Å². The Hall–Kier alpha value is -2.04. The van der Waals surface area contributed by atoms with Gasteiger partial charge in [-0.1, -0.05) is 54.2 Å². The zero-order valence-corrected chi connectivity index (χ0v) is 12.8. The highest BCUT2D eigenvalue weighted by molar-refractivity contribution is 7.81. The molecule has 0 radical (unpaired) electrons. The summed E-state index contributed by atoms with van der Waals surface area (Å²) in [5.41, 5.74) is 10.2. The first-order chi connectivity index (χ1) is 9.90. The van der Waals surface area contributed by atoms with Crippen LogP contribution in [0.25, 0.3) is 0 Å². The lowest BCUT2D eigenvalue weighted by molar-refractivity contribution is -0.138. The average molecular weight is 299 g/mol. The van der Waals surface area contributed by atoms with Crippen LogP contribution in [-0.4, -0.2) is 15.9 Å². The number of rotatable bonds is 4. The lowest BCUT2D eigenvalue weighted by Crippen LogP contribution is -2.21. The molecule has 3 N–H and O–H groups in total. The SMILES string of the molecule is Cc1ccc(C(=S)c2cc(C(N)C(=O)O)ccc2C)cc1. The van der Waals surface area contributed by atoms with E-state index in [1.54, 1.807) is 12.1 Å². The Balaban J connectivity index is 2.43. The molecule has 0 aliphatic rings. The molecule has 2 rings (SSSR count). The Morgan fingerprint density at radius 1 is 1.14 bits per heavy atom. The predicted molar refractivity (Wildman–Crippen MR) is 87.7 cm³/mol. The molecule has 0 heterocycles. The van der Waals surface area contributed by atoms with Crippen LogP contribution in [0.5, 0.6) is 0 Å². The van der Waals surface area contributed by atoms with Gasteiger partial charge in [0.2, 0.25) is 0 Å². The van der Waals surface area contributed by atoms with Gasteiger partial charge in [-0.3, -0.25) is 4.79 Å². The fourth-order valence-corrected chi connectivity index (χ4v) is 2.44. The number of aliphatic carboxylic acids is 1. The Morgan fingerprint density at radius 3 is 2.33 bits per heavy atom. The molecule has 0 bridgehead atoms. The standard InChI is InChI=1S/C17H17NO2S/c1-10-3-6-12(7-4-10)16(21)14-9-13(8-5-11(14)2)15(18)17(19)20/h3-9,15H,18H2,1-2H3,(H,19,20). The first kappa shape index (κ1) is 15.4. The van der Waals surface area contributed by atoms with Crippen molar-refractivity contribution in [2.45, 2.75) is 19.9 Å². The number of hydrogen-bond acceptors (Lipinski definition) is 3. The highest BCUT2D eigenvalue weighted by Crippen LogP contribution is 2.20. The topological polar surface area (TPSA) is 63.3 Å². The lowest BCUT2D eigenvalue weighted by Gasteiger charge is -2.13. The van der Waals surface area contributed by atoms with E-state index in [1.165, 1.54) is 5.56 Å². The second kappa shape index (κ2) is 6.16. The predicted octanol–water partition coefficient (Wildman–Crippen LogP) is 3.15. The van der Waals surface area contributed by atoms with Gasteiger partial charge in [-0.25, -0.2) is 0 Å². The van der Waals surface area contributed by atoms with Crippen molar-refractivity contribution in [3.8, 4) is 0 Å². The molecule has 2 aromatic carbocycles. The normalized spacial score (nSPS) is 12.0. The molecular formula is C17H17NO2S. The minimum Gasteiger partial charge on any atom is -0.480 e. The third-order valence-corrected chi connectivity index (χ3v) is 3.90. The number of carboxylic acids is 1. The third kappa shape index (κ3) is 3.35. The molecule has 0 aliphatic carbocycles. The van der Waals surface area contributed by atoms with Crippen molar-refractivity contribution in [3.63, 3.8) is 0 Å². The maximum atomic E-state index is 11.0. The van der Waals surface area contributed by atoms with E-state index in [2.05, 4.69) is 0 Å². The number of benzene rings is 2. The Morgan fingerprint density at radius 2 is 1.76 bits per heavy atom. The molecule has 3 nitrogen and oxygen atoms in total. The fraction of sp³-hybridized carbons (Fsp3) is 0.176. The van der Waals surface area contributed by atoms with E-state index in [9.17, 15) is 4.79 Å². The zero-order valence-electron chi connectivity index (χ0n) is 12.0. The second-order valence-electron chi connectivity index (χ2n) is 5.09. The Kier molecular flexibility index (Phi) is 4.50. The summed E-state index contributed by atoms with van der Waals surface area (Å²) in [6.45, 7) is 3.97. The molecule has 21 heavy (non-hydrogen) atoms. The van der Waals surface area contributed by atoms with Gasteiger partial charge in [0.1, 0.15) is 6.04 Å². The minimum atomic E-state index is -1.05. The summed E-state index contributed by atoms with van der Waals surface area (Å²) in [4.78, 5) is 11.7. The summed E-state index contributed by atoms with van der Waals surface area (Å²) >= 11 is 5.54. The van der Waals surface area contributed by atoms with Gasteiger partial charge in [-0.05, 0) is 42.2 Å². The van der Waals surface area contributed by atoms with Crippen LogP contribution in [0.4, 0.5) is 0 Å². The van der Waals surface area contributed by atoms with Gasteiger partial charge >= 0.3 is 5.97 Å². The van der Waals surface area contributed by atoms with Gasteiger partial charge in [0.25, 0.3) is 0 Å². The van der Waals surface area contributed by atoms with Crippen LogP contribution in [0.3, 0.4) is 0 Å². The number of carbonyl (C=O) groups is 1. The van der Waals surface area contributed by atoms with Crippen molar-refractivity contribution in [3.05, 3.63) is 70.3 Å². The summed E-state index contributed by atoms with van der Waals surface area (Å²) in [6.07, 6.45) is 0. The van der Waals surface area contributed by atoms with Gasteiger partial charge < -0.3 is 10.8 Å². The van der Waals surface area contributed by atoms with Crippen LogP contribution in [0.1, 0.15) is 33.9 Å². The lowest BCUT2D eigenvalue weighted by atomic mass is 9.95. The van der Waals surface area contributed by atoms with Crippen LogP contribution in [0.2, 0.25) is 0 Å². The minimum absolute atomic E-state index is 0.553. The van der Waals surface area contributed by atoms with Gasteiger partial charge in [-0.2, -0.15) is 0 Å². The maximum Gasteiger partial charge on any atom is 0.325 e. The summed E-state index contributed by atoms with van der Waals surface area (Å²) in [5, 5.41) is 9.02. The third-order valence-electron chi connectivity index (χ3n) is 3.45. The van der Waals surface area contributed by atoms with Gasteiger partial charge in [-0.15, -0.1) is 0 Å². The van der Waals surface area contributed by atoms with Gasteiger partial charge in [0.05, 0.1) is 4.86 Å². The van der Waals surface area contributed by atoms with Gasteiger partial charge in [0, 0.05) is 0 Å². The number of aryl methyl sites for hydroxylation is 2. The molecule has 0 aliphatic heterocycles. The summed E-state index contributed by atoms with van der Waals surface area (Å²) in [5.74, 6) is -1.05. The van der Waals surface area contributed by atoms with Crippen LogP contribution in [-0.2, 0) is 4.79 Å². The molecule has 108 valence electrons. The van der Waals surface area contributed by atoms with E-state index in [0.717, 1.165) is 16.7 Å². The van der Waals surface area contributed by atoms with Crippen LogP contribution in [0.15, 0.2) is 42.5 Å². The molecular weight excluding hydrogens is 282 g/mol. The molecule has 0 spiro atoms. The molecule has 4 heteroatoms. The molecule has 1 atom stereocenters. The van der Waals surface area contributed by atoms with E-state index < -0.39 is 12.0 Å². The monoisotopic (exact) mass is 299 g/mol. The molecule has 0 saturated heterocycles. The number of hydrogen-bond donors (Lipinski definition) is 2. The van der Waals surface area contributed by atoms with E-state index >= 15 is 0 Å². The Labute approximate surface area is 129 Å². The van der Waals surface area contributed by atoms with E-state index in [0.29, 0.717) is 10.4 Å². The maximum absolute atomic E-state index is 11.0. The average Bonchev–Trinajstić information content (AvgIpc) is 2.47. The quantitative estimate of drug-likeness (QED) is 0.672. The molecule has 0 amide bonds.